The average molecular weight is 268 g/mol. The molecular formula is C12H16N2O5. The first-order valence-corrected chi connectivity index (χ1v) is 5.36. The van der Waals surface area contributed by atoms with Crippen molar-refractivity contribution in [1.29, 1.82) is 0 Å². The Bertz CT molecular complexity index is 462. The molecule has 1 aromatic rings. The molecule has 1 aromatic carbocycles. The molecule has 1 rings (SSSR count). The van der Waals surface area contributed by atoms with Gasteiger partial charge in [-0.3, -0.25) is 4.79 Å². The summed E-state index contributed by atoms with van der Waals surface area (Å²) in [5, 5.41) is 0. The molecule has 0 saturated heterocycles. The van der Waals surface area contributed by atoms with Crippen LogP contribution in [0.15, 0.2) is 12.1 Å². The maximum Gasteiger partial charge on any atom is 0.326 e. The van der Waals surface area contributed by atoms with E-state index in [-0.39, 0.29) is 5.69 Å². The van der Waals surface area contributed by atoms with Crippen LogP contribution in [0, 0.1) is 0 Å². The van der Waals surface area contributed by atoms with Crippen LogP contribution in [0.25, 0.3) is 0 Å². The number of nitrogens with two attached hydrogens (primary N) is 1. The largest absolute Gasteiger partial charge is 0.493 e. The van der Waals surface area contributed by atoms with Crippen molar-refractivity contribution in [2.24, 2.45) is 5.73 Å². The van der Waals surface area contributed by atoms with E-state index in [0.717, 1.165) is 4.90 Å². The maximum atomic E-state index is 11.5. The Morgan fingerprint density at radius 2 is 1.53 bits per heavy atom. The Morgan fingerprint density at radius 3 is 1.79 bits per heavy atom. The van der Waals surface area contributed by atoms with Gasteiger partial charge >= 0.3 is 6.03 Å². The van der Waals surface area contributed by atoms with Gasteiger partial charge in [0, 0.05) is 19.1 Å². The lowest BCUT2D eigenvalue weighted by atomic mass is 10.2. The third-order valence-corrected chi connectivity index (χ3v) is 2.44. The van der Waals surface area contributed by atoms with E-state index in [9.17, 15) is 9.59 Å². The lowest BCUT2D eigenvalue weighted by Gasteiger charge is -2.20. The molecule has 0 heterocycles. The van der Waals surface area contributed by atoms with Crippen LogP contribution >= 0.6 is 0 Å². The Morgan fingerprint density at radius 1 is 1.05 bits per heavy atom. The number of hydrogen-bond acceptors (Lipinski definition) is 5. The fourth-order valence-electron chi connectivity index (χ4n) is 1.66. The van der Waals surface area contributed by atoms with Crippen molar-refractivity contribution in [2.45, 2.75) is 6.92 Å². The zero-order chi connectivity index (χ0) is 14.6. The third-order valence-electron chi connectivity index (χ3n) is 2.44. The normalized spacial score (nSPS) is 9.68. The summed E-state index contributed by atoms with van der Waals surface area (Å²) >= 11 is 0. The maximum absolute atomic E-state index is 11.5. The molecule has 0 unspecified atom stereocenters. The number of hydrogen-bond donors (Lipinski definition) is 1. The van der Waals surface area contributed by atoms with Crippen molar-refractivity contribution in [3.63, 3.8) is 0 Å². The number of imide groups is 1. The number of benzene rings is 1. The van der Waals surface area contributed by atoms with Crippen LogP contribution < -0.4 is 24.8 Å². The van der Waals surface area contributed by atoms with Crippen LogP contribution in [0.1, 0.15) is 6.92 Å². The van der Waals surface area contributed by atoms with Crippen LogP contribution in [0.2, 0.25) is 0 Å². The number of rotatable bonds is 4. The van der Waals surface area contributed by atoms with E-state index >= 15 is 0 Å². The molecule has 0 aliphatic carbocycles. The van der Waals surface area contributed by atoms with Gasteiger partial charge in [-0.1, -0.05) is 0 Å². The van der Waals surface area contributed by atoms with Crippen molar-refractivity contribution in [2.75, 3.05) is 26.2 Å². The Balaban J connectivity index is 3.44. The number of primary amides is 1. The zero-order valence-electron chi connectivity index (χ0n) is 11.2. The molecule has 0 bridgehead atoms. The summed E-state index contributed by atoms with van der Waals surface area (Å²) < 4.78 is 15.4. The number of urea groups is 1. The molecule has 19 heavy (non-hydrogen) atoms. The van der Waals surface area contributed by atoms with Crippen LogP contribution in [-0.2, 0) is 4.79 Å². The highest BCUT2D eigenvalue weighted by Gasteiger charge is 2.22. The van der Waals surface area contributed by atoms with Gasteiger partial charge in [0.1, 0.15) is 0 Å². The van der Waals surface area contributed by atoms with Gasteiger partial charge in [-0.15, -0.1) is 0 Å². The van der Waals surface area contributed by atoms with Crippen molar-refractivity contribution in [3.8, 4) is 17.2 Å². The van der Waals surface area contributed by atoms with Crippen molar-refractivity contribution >= 4 is 17.6 Å². The lowest BCUT2D eigenvalue weighted by Crippen LogP contribution is -2.39. The van der Waals surface area contributed by atoms with E-state index in [1.165, 1.54) is 40.4 Å². The monoisotopic (exact) mass is 268 g/mol. The summed E-state index contributed by atoms with van der Waals surface area (Å²) in [4.78, 5) is 23.6. The number of methoxy groups -OCH3 is 3. The summed E-state index contributed by atoms with van der Waals surface area (Å²) in [6, 6.07) is 2.04. The molecule has 0 atom stereocenters. The second-order valence-corrected chi connectivity index (χ2v) is 3.58. The van der Waals surface area contributed by atoms with Gasteiger partial charge in [0.25, 0.3) is 0 Å². The zero-order valence-corrected chi connectivity index (χ0v) is 11.2. The van der Waals surface area contributed by atoms with E-state index in [4.69, 9.17) is 19.9 Å². The van der Waals surface area contributed by atoms with Gasteiger partial charge in [-0.2, -0.15) is 0 Å². The number of ether oxygens (including phenoxy) is 3. The summed E-state index contributed by atoms with van der Waals surface area (Å²) in [6.45, 7) is 1.23. The Labute approximate surface area is 110 Å². The summed E-state index contributed by atoms with van der Waals surface area (Å²) in [6.07, 6.45) is 0. The molecule has 0 aliphatic heterocycles. The molecule has 7 nitrogen and oxygen atoms in total. The number of anilines is 1. The first-order valence-electron chi connectivity index (χ1n) is 5.36. The molecule has 104 valence electrons. The van der Waals surface area contributed by atoms with Gasteiger partial charge in [-0.25, -0.2) is 9.69 Å². The fraction of sp³-hybridized carbons (Fsp3) is 0.333. The summed E-state index contributed by atoms with van der Waals surface area (Å²) in [5.41, 5.74) is 5.42. The standard InChI is InChI=1S/C12H16N2O5/c1-7(15)14(12(13)16)8-5-9(17-2)11(19-4)10(6-8)18-3/h5-6H,1-4H3,(H2,13,16). The van der Waals surface area contributed by atoms with E-state index in [1.54, 1.807) is 0 Å². The quantitative estimate of drug-likeness (QED) is 0.884. The highest BCUT2D eigenvalue weighted by molar-refractivity contribution is 6.13. The van der Waals surface area contributed by atoms with Gasteiger partial charge in [-0.05, 0) is 0 Å². The highest BCUT2D eigenvalue weighted by atomic mass is 16.5. The first-order chi connectivity index (χ1) is 8.96. The predicted molar refractivity (Wildman–Crippen MR) is 68.8 cm³/mol. The van der Waals surface area contributed by atoms with Gasteiger partial charge in [0.2, 0.25) is 11.7 Å². The number of nitrogens with zero attached hydrogens (tertiary/aromatic N) is 1. The molecule has 0 aromatic heterocycles. The first kappa shape index (κ1) is 14.6. The third kappa shape index (κ3) is 2.87. The molecule has 0 aliphatic rings. The van der Waals surface area contributed by atoms with Crippen molar-refractivity contribution in [3.05, 3.63) is 12.1 Å². The minimum atomic E-state index is -0.887. The molecule has 3 amide bonds. The van der Waals surface area contributed by atoms with Crippen LogP contribution in [0.5, 0.6) is 17.2 Å². The number of carbonyl (C=O) groups is 2. The van der Waals surface area contributed by atoms with Crippen LogP contribution in [-0.4, -0.2) is 33.3 Å². The van der Waals surface area contributed by atoms with E-state index < -0.39 is 11.9 Å². The molecule has 2 N–H and O–H groups in total. The SMILES string of the molecule is COc1cc(N(C(C)=O)C(N)=O)cc(OC)c1OC. The van der Waals surface area contributed by atoms with Gasteiger partial charge < -0.3 is 19.9 Å². The second kappa shape index (κ2) is 5.94. The second-order valence-electron chi connectivity index (χ2n) is 3.58. The van der Waals surface area contributed by atoms with E-state index in [0.29, 0.717) is 17.2 Å². The Hall–Kier alpha value is -2.44. The molecule has 0 fully saturated rings. The number of carbonyl (C=O) groups excluding carboxylic acids is 2. The molecular weight excluding hydrogens is 252 g/mol. The molecule has 0 spiro atoms. The Kier molecular flexibility index (Phi) is 4.57. The van der Waals surface area contributed by atoms with Gasteiger partial charge in [0.05, 0.1) is 27.0 Å². The van der Waals surface area contributed by atoms with Crippen LogP contribution in [0.3, 0.4) is 0 Å². The summed E-state index contributed by atoms with van der Waals surface area (Å²) in [7, 11) is 4.32. The number of amides is 3. The smallest absolute Gasteiger partial charge is 0.326 e. The lowest BCUT2D eigenvalue weighted by molar-refractivity contribution is -0.115. The minimum Gasteiger partial charge on any atom is -0.493 e. The van der Waals surface area contributed by atoms with E-state index in [1.807, 2.05) is 0 Å². The molecule has 0 radical (unpaired) electrons. The summed E-state index contributed by atoms with van der Waals surface area (Å²) in [5.74, 6) is 0.497. The minimum absolute atomic E-state index is 0.245. The van der Waals surface area contributed by atoms with Crippen molar-refractivity contribution in [1.82, 2.24) is 0 Å². The highest BCUT2D eigenvalue weighted by Crippen LogP contribution is 2.41. The van der Waals surface area contributed by atoms with Crippen molar-refractivity contribution < 1.29 is 23.8 Å². The molecule has 0 saturated carbocycles. The topological polar surface area (TPSA) is 91.1 Å². The fourth-order valence-corrected chi connectivity index (χ4v) is 1.66. The van der Waals surface area contributed by atoms with E-state index in [2.05, 4.69) is 0 Å². The van der Waals surface area contributed by atoms with Gasteiger partial charge in [0.15, 0.2) is 11.5 Å². The predicted octanol–water partition coefficient (Wildman–Crippen LogP) is 1.14. The van der Waals surface area contributed by atoms with Crippen LogP contribution in [0.4, 0.5) is 10.5 Å². The molecule has 7 heteroatoms. The average Bonchev–Trinajstić information content (AvgIpc) is 2.36.